The number of nitrogens with one attached hydrogen (secondary N) is 1. The van der Waals surface area contributed by atoms with Crippen molar-refractivity contribution in [2.24, 2.45) is 7.05 Å². The van der Waals surface area contributed by atoms with E-state index in [9.17, 15) is 0 Å². The van der Waals surface area contributed by atoms with E-state index in [1.807, 2.05) is 0 Å². The summed E-state index contributed by atoms with van der Waals surface area (Å²) in [6.45, 7) is 15.4. The zero-order valence-electron chi connectivity index (χ0n) is 14.5. The lowest BCUT2D eigenvalue weighted by Gasteiger charge is -2.39. The molecule has 0 spiro atoms. The SMILES string of the molecule is Cc1nn(C)c(N2CCSC(C)C2C)c1CNC(C)(C)C. The standard InChI is InChI=1S/C16H30N4S/c1-11-14(10-17-16(4,5)6)15(19(7)18-11)20-8-9-21-13(3)12(20)2/h12-13,17H,8-10H2,1-7H3. The zero-order valence-corrected chi connectivity index (χ0v) is 15.3. The first-order chi connectivity index (χ1) is 9.70. The molecule has 0 amide bonds. The molecule has 0 saturated carbocycles. The summed E-state index contributed by atoms with van der Waals surface area (Å²) in [6, 6.07) is 0.548. The predicted octanol–water partition coefficient (Wildman–Crippen LogP) is 2.95. The molecule has 0 aromatic carbocycles. The van der Waals surface area contributed by atoms with Gasteiger partial charge in [0.15, 0.2) is 0 Å². The molecule has 2 atom stereocenters. The topological polar surface area (TPSA) is 33.1 Å². The molecule has 1 saturated heterocycles. The van der Waals surface area contributed by atoms with E-state index in [2.05, 4.69) is 80.3 Å². The van der Waals surface area contributed by atoms with Gasteiger partial charge in [0.2, 0.25) is 0 Å². The highest BCUT2D eigenvalue weighted by atomic mass is 32.2. The van der Waals surface area contributed by atoms with E-state index < -0.39 is 0 Å². The Morgan fingerprint density at radius 2 is 2.00 bits per heavy atom. The Balaban J connectivity index is 2.30. The highest BCUT2D eigenvalue weighted by Crippen LogP contribution is 2.32. The first-order valence-electron chi connectivity index (χ1n) is 7.86. The van der Waals surface area contributed by atoms with Crippen molar-refractivity contribution < 1.29 is 0 Å². The van der Waals surface area contributed by atoms with E-state index in [0.717, 1.165) is 18.8 Å². The van der Waals surface area contributed by atoms with Crippen LogP contribution < -0.4 is 10.2 Å². The van der Waals surface area contributed by atoms with E-state index in [1.54, 1.807) is 0 Å². The summed E-state index contributed by atoms with van der Waals surface area (Å²) < 4.78 is 2.06. The monoisotopic (exact) mass is 310 g/mol. The van der Waals surface area contributed by atoms with Crippen LogP contribution in [0.25, 0.3) is 0 Å². The number of hydrogen-bond donors (Lipinski definition) is 1. The number of hydrogen-bond acceptors (Lipinski definition) is 4. The Morgan fingerprint density at radius 3 is 2.62 bits per heavy atom. The molecule has 0 bridgehead atoms. The molecular weight excluding hydrogens is 280 g/mol. The molecule has 2 heterocycles. The summed E-state index contributed by atoms with van der Waals surface area (Å²) in [7, 11) is 2.07. The fourth-order valence-corrected chi connectivity index (χ4v) is 3.94. The maximum Gasteiger partial charge on any atom is 0.131 e. The van der Waals surface area contributed by atoms with Crippen molar-refractivity contribution in [3.63, 3.8) is 0 Å². The van der Waals surface area contributed by atoms with Crippen LogP contribution in [-0.4, -0.2) is 38.9 Å². The van der Waals surface area contributed by atoms with Gasteiger partial charge in [-0.3, -0.25) is 4.68 Å². The van der Waals surface area contributed by atoms with Gasteiger partial charge < -0.3 is 10.2 Å². The molecule has 1 aromatic rings. The molecule has 1 aromatic heterocycles. The first kappa shape index (κ1) is 16.7. The molecule has 0 radical (unpaired) electrons. The highest BCUT2D eigenvalue weighted by molar-refractivity contribution is 8.00. The molecule has 5 heteroatoms. The summed E-state index contributed by atoms with van der Waals surface area (Å²) in [5, 5.41) is 8.95. The van der Waals surface area contributed by atoms with Crippen LogP contribution >= 0.6 is 11.8 Å². The minimum Gasteiger partial charge on any atom is -0.352 e. The molecule has 1 N–H and O–H groups in total. The number of thioether (sulfide) groups is 1. The van der Waals surface area contributed by atoms with Gasteiger partial charge in [0, 0.05) is 48.3 Å². The Morgan fingerprint density at radius 1 is 1.33 bits per heavy atom. The van der Waals surface area contributed by atoms with Gasteiger partial charge >= 0.3 is 0 Å². The minimum atomic E-state index is 0.121. The quantitative estimate of drug-likeness (QED) is 0.930. The van der Waals surface area contributed by atoms with Crippen molar-refractivity contribution in [1.29, 1.82) is 0 Å². The maximum atomic E-state index is 4.67. The van der Waals surface area contributed by atoms with Gasteiger partial charge in [-0.2, -0.15) is 16.9 Å². The van der Waals surface area contributed by atoms with Crippen LogP contribution in [0.15, 0.2) is 0 Å². The number of anilines is 1. The average Bonchev–Trinajstić information content (AvgIpc) is 2.64. The maximum absolute atomic E-state index is 4.67. The largest absolute Gasteiger partial charge is 0.352 e. The number of nitrogens with zero attached hydrogens (tertiary/aromatic N) is 3. The Kier molecular flexibility index (Phi) is 4.93. The van der Waals surface area contributed by atoms with Crippen LogP contribution in [0.2, 0.25) is 0 Å². The van der Waals surface area contributed by atoms with E-state index in [4.69, 9.17) is 0 Å². The molecule has 21 heavy (non-hydrogen) atoms. The number of rotatable bonds is 3. The highest BCUT2D eigenvalue weighted by Gasteiger charge is 2.30. The molecule has 0 aliphatic carbocycles. The molecule has 1 fully saturated rings. The smallest absolute Gasteiger partial charge is 0.131 e. The fraction of sp³-hybridized carbons (Fsp3) is 0.812. The van der Waals surface area contributed by atoms with Crippen molar-refractivity contribution in [1.82, 2.24) is 15.1 Å². The van der Waals surface area contributed by atoms with Crippen LogP contribution in [0.1, 0.15) is 45.9 Å². The third-order valence-corrected chi connectivity index (χ3v) is 5.60. The van der Waals surface area contributed by atoms with Crippen LogP contribution in [0.5, 0.6) is 0 Å². The van der Waals surface area contributed by atoms with Crippen molar-refractivity contribution in [2.75, 3.05) is 17.2 Å². The summed E-state index contributed by atoms with van der Waals surface area (Å²) in [5.74, 6) is 2.49. The van der Waals surface area contributed by atoms with E-state index in [1.165, 1.54) is 17.1 Å². The summed E-state index contributed by atoms with van der Waals surface area (Å²) in [6.07, 6.45) is 0. The molecule has 2 unspecified atom stereocenters. The first-order valence-corrected chi connectivity index (χ1v) is 8.91. The molecule has 120 valence electrons. The van der Waals surface area contributed by atoms with Crippen molar-refractivity contribution in [3.05, 3.63) is 11.3 Å². The summed E-state index contributed by atoms with van der Waals surface area (Å²) in [4.78, 5) is 2.54. The van der Waals surface area contributed by atoms with Gasteiger partial charge in [0.05, 0.1) is 5.69 Å². The molecule has 1 aliphatic heterocycles. The van der Waals surface area contributed by atoms with Crippen LogP contribution in [0.3, 0.4) is 0 Å². The second-order valence-electron chi connectivity index (χ2n) is 7.12. The van der Waals surface area contributed by atoms with Gasteiger partial charge in [-0.15, -0.1) is 0 Å². The van der Waals surface area contributed by atoms with Crippen molar-refractivity contribution >= 4 is 17.6 Å². The lowest BCUT2D eigenvalue weighted by Crippen LogP contribution is -2.46. The second kappa shape index (κ2) is 6.21. The fourth-order valence-electron chi connectivity index (χ4n) is 2.84. The lowest BCUT2D eigenvalue weighted by molar-refractivity contribution is 0.423. The van der Waals surface area contributed by atoms with Crippen LogP contribution in [0, 0.1) is 6.92 Å². The van der Waals surface area contributed by atoms with Crippen LogP contribution in [0.4, 0.5) is 5.82 Å². The van der Waals surface area contributed by atoms with E-state index in [-0.39, 0.29) is 5.54 Å². The number of aryl methyl sites for hydroxylation is 2. The second-order valence-corrected chi connectivity index (χ2v) is 8.61. The van der Waals surface area contributed by atoms with Gasteiger partial charge in [-0.1, -0.05) is 6.92 Å². The average molecular weight is 311 g/mol. The lowest BCUT2D eigenvalue weighted by atomic mass is 10.1. The van der Waals surface area contributed by atoms with Crippen molar-refractivity contribution in [2.45, 2.75) is 64.9 Å². The van der Waals surface area contributed by atoms with E-state index in [0.29, 0.717) is 11.3 Å². The summed E-state index contributed by atoms with van der Waals surface area (Å²) in [5.41, 5.74) is 2.61. The zero-order chi connectivity index (χ0) is 15.8. The Labute approximate surface area is 133 Å². The Bertz CT molecular complexity index is 489. The van der Waals surface area contributed by atoms with Gasteiger partial charge in [-0.05, 0) is 34.6 Å². The molecular formula is C16H30N4S. The van der Waals surface area contributed by atoms with Gasteiger partial charge in [-0.25, -0.2) is 0 Å². The molecule has 2 rings (SSSR count). The summed E-state index contributed by atoms with van der Waals surface area (Å²) >= 11 is 2.07. The Hall–Kier alpha value is -0.680. The van der Waals surface area contributed by atoms with E-state index >= 15 is 0 Å². The normalized spacial score (nSPS) is 23.7. The number of aromatic nitrogens is 2. The molecule has 1 aliphatic rings. The van der Waals surface area contributed by atoms with Gasteiger partial charge in [0.25, 0.3) is 0 Å². The van der Waals surface area contributed by atoms with Gasteiger partial charge in [0.1, 0.15) is 5.82 Å². The van der Waals surface area contributed by atoms with Crippen LogP contribution in [-0.2, 0) is 13.6 Å². The molecule has 4 nitrogen and oxygen atoms in total. The van der Waals surface area contributed by atoms with Crippen molar-refractivity contribution in [3.8, 4) is 0 Å². The third-order valence-electron chi connectivity index (χ3n) is 4.26. The minimum absolute atomic E-state index is 0.121. The predicted molar refractivity (Wildman–Crippen MR) is 93.3 cm³/mol. The third kappa shape index (κ3) is 3.75.